The molecule has 1 aliphatic rings. The minimum atomic E-state index is -1.65. The van der Waals surface area contributed by atoms with Crippen molar-refractivity contribution in [2.24, 2.45) is 11.0 Å². The highest BCUT2D eigenvalue weighted by molar-refractivity contribution is 6.18. The van der Waals surface area contributed by atoms with Crippen LogP contribution in [0.3, 0.4) is 0 Å². The second kappa shape index (κ2) is 7.36. The lowest BCUT2D eigenvalue weighted by Gasteiger charge is -2.36. The molecule has 1 rings (SSSR count). The van der Waals surface area contributed by atoms with E-state index in [1.807, 2.05) is 13.8 Å². The van der Waals surface area contributed by atoms with Crippen LogP contribution >= 0.6 is 0 Å². The maximum absolute atomic E-state index is 12.8. The molecule has 0 radical (unpaired) electrons. The van der Waals surface area contributed by atoms with Crippen molar-refractivity contribution in [1.29, 1.82) is 0 Å². The Morgan fingerprint density at radius 1 is 1.07 bits per heavy atom. The van der Waals surface area contributed by atoms with Gasteiger partial charge in [-0.1, -0.05) is 13.8 Å². The smallest absolute Gasteiger partial charge is 0.442 e. The van der Waals surface area contributed by atoms with Crippen molar-refractivity contribution >= 4 is 23.9 Å². The molecule has 0 fully saturated rings. The van der Waals surface area contributed by atoms with Crippen molar-refractivity contribution in [3.05, 3.63) is 0 Å². The van der Waals surface area contributed by atoms with Gasteiger partial charge in [-0.2, -0.15) is 5.10 Å². The van der Waals surface area contributed by atoms with Crippen LogP contribution in [0, 0.1) is 5.92 Å². The van der Waals surface area contributed by atoms with Crippen molar-refractivity contribution in [1.82, 2.24) is 10.1 Å². The summed E-state index contributed by atoms with van der Waals surface area (Å²) in [4.78, 5) is 43.1. The quantitative estimate of drug-likeness (QED) is 0.534. The molecule has 1 heterocycles. The highest BCUT2D eigenvalue weighted by Crippen LogP contribution is 2.32. The van der Waals surface area contributed by atoms with Gasteiger partial charge in [-0.15, -0.1) is 5.06 Å². The van der Waals surface area contributed by atoms with Crippen LogP contribution in [-0.4, -0.2) is 57.7 Å². The fraction of sp³-hybridized carbons (Fsp3) is 0.778. The van der Waals surface area contributed by atoms with E-state index in [2.05, 4.69) is 5.10 Å². The van der Waals surface area contributed by atoms with Gasteiger partial charge in [0.25, 0.3) is 5.91 Å². The minimum absolute atomic E-state index is 0.198. The van der Waals surface area contributed by atoms with Gasteiger partial charge in [-0.3, -0.25) is 9.63 Å². The van der Waals surface area contributed by atoms with E-state index in [1.54, 1.807) is 41.5 Å². The third kappa shape index (κ3) is 5.33. The number of rotatable bonds is 2. The Balaban J connectivity index is 3.35. The van der Waals surface area contributed by atoms with E-state index >= 15 is 0 Å². The fourth-order valence-electron chi connectivity index (χ4n) is 2.56. The molecule has 27 heavy (non-hydrogen) atoms. The fourth-order valence-corrected chi connectivity index (χ4v) is 2.56. The highest BCUT2D eigenvalue weighted by atomic mass is 16.8. The molecule has 0 spiro atoms. The summed E-state index contributed by atoms with van der Waals surface area (Å²) in [6.45, 7) is 15.1. The summed E-state index contributed by atoms with van der Waals surface area (Å²) in [6.07, 6.45) is -2.12. The predicted octanol–water partition coefficient (Wildman–Crippen LogP) is 3.33. The van der Waals surface area contributed by atoms with E-state index in [9.17, 15) is 14.4 Å². The molecule has 0 saturated carbocycles. The van der Waals surface area contributed by atoms with E-state index in [-0.39, 0.29) is 5.92 Å². The Morgan fingerprint density at radius 3 is 1.96 bits per heavy atom. The van der Waals surface area contributed by atoms with Gasteiger partial charge < -0.3 is 9.47 Å². The molecule has 2 amide bonds. The normalized spacial score (nSPS) is 20.5. The lowest BCUT2D eigenvalue weighted by Crippen LogP contribution is -2.61. The molecule has 0 aliphatic carbocycles. The van der Waals surface area contributed by atoms with Gasteiger partial charge in [0.05, 0.1) is 5.71 Å². The van der Waals surface area contributed by atoms with E-state index in [0.717, 1.165) is 5.01 Å². The minimum Gasteiger partial charge on any atom is -0.442 e. The van der Waals surface area contributed by atoms with Crippen LogP contribution in [-0.2, 0) is 19.1 Å². The van der Waals surface area contributed by atoms with Crippen molar-refractivity contribution in [2.45, 2.75) is 79.1 Å². The van der Waals surface area contributed by atoms with Crippen molar-refractivity contribution in [3.63, 3.8) is 0 Å². The van der Waals surface area contributed by atoms with Gasteiger partial charge in [0.15, 0.2) is 0 Å². The van der Waals surface area contributed by atoms with Crippen molar-refractivity contribution in [3.8, 4) is 0 Å². The number of ether oxygens (including phenoxy) is 2. The number of hydrogen-bond donors (Lipinski definition) is 0. The lowest BCUT2D eigenvalue weighted by molar-refractivity contribution is -0.177. The van der Waals surface area contributed by atoms with Gasteiger partial charge in [0.1, 0.15) is 11.2 Å². The van der Waals surface area contributed by atoms with E-state index < -0.39 is 34.9 Å². The van der Waals surface area contributed by atoms with Gasteiger partial charge in [-0.05, 0) is 54.4 Å². The number of amides is 2. The molecule has 9 heteroatoms. The summed E-state index contributed by atoms with van der Waals surface area (Å²) in [7, 11) is 1.47. The average molecular weight is 385 g/mol. The Kier molecular flexibility index (Phi) is 6.19. The van der Waals surface area contributed by atoms with Crippen LogP contribution in [0.2, 0.25) is 0 Å². The molecule has 0 bridgehead atoms. The zero-order valence-electron chi connectivity index (χ0n) is 17.9. The molecule has 1 aliphatic heterocycles. The second-order valence-corrected chi connectivity index (χ2v) is 8.87. The standard InChI is InChI=1S/C18H31N3O6/c1-11(2)12-18(9,13(22)20(10)19-12)21(14(23)25-16(3,4)5)27-15(24)26-17(6,7)8/h11H,1-10H3. The lowest BCUT2D eigenvalue weighted by atomic mass is 9.88. The predicted molar refractivity (Wildman–Crippen MR) is 98.8 cm³/mol. The number of carbonyl (C=O) groups is 3. The maximum Gasteiger partial charge on any atom is 0.534 e. The molecule has 0 aromatic carbocycles. The Hall–Kier alpha value is -2.32. The van der Waals surface area contributed by atoms with Gasteiger partial charge in [-0.25, -0.2) is 14.6 Å². The van der Waals surface area contributed by atoms with Gasteiger partial charge in [0.2, 0.25) is 5.54 Å². The van der Waals surface area contributed by atoms with Crippen LogP contribution in [0.5, 0.6) is 0 Å². The summed E-state index contributed by atoms with van der Waals surface area (Å²) in [5, 5.41) is 5.96. The zero-order chi connectivity index (χ0) is 21.4. The average Bonchev–Trinajstić information content (AvgIpc) is 2.66. The van der Waals surface area contributed by atoms with Crippen LogP contribution in [0.1, 0.15) is 62.3 Å². The highest BCUT2D eigenvalue weighted by Gasteiger charge is 2.57. The molecule has 1 unspecified atom stereocenters. The zero-order valence-corrected chi connectivity index (χ0v) is 17.9. The Labute approximate surface area is 160 Å². The molecule has 0 saturated heterocycles. The number of hydrazone groups is 1. The SMILES string of the molecule is CC(C)C1=NN(C)C(=O)C1(C)N(OC(=O)OC(C)(C)C)C(=O)OC(C)(C)C. The number of carbonyl (C=O) groups excluding carboxylic acids is 3. The molecular weight excluding hydrogens is 354 g/mol. The second-order valence-electron chi connectivity index (χ2n) is 8.87. The van der Waals surface area contributed by atoms with Gasteiger partial charge >= 0.3 is 12.2 Å². The summed E-state index contributed by atoms with van der Waals surface area (Å²) in [5.74, 6) is -0.725. The molecule has 0 aromatic heterocycles. The largest absolute Gasteiger partial charge is 0.534 e. The third-order valence-corrected chi connectivity index (χ3v) is 3.53. The molecular formula is C18H31N3O6. The van der Waals surface area contributed by atoms with Crippen molar-refractivity contribution < 1.29 is 28.7 Å². The summed E-state index contributed by atoms with van der Waals surface area (Å²) < 4.78 is 10.5. The molecule has 0 aromatic rings. The molecule has 9 nitrogen and oxygen atoms in total. The third-order valence-electron chi connectivity index (χ3n) is 3.53. The summed E-state index contributed by atoms with van der Waals surface area (Å²) in [6, 6.07) is 0. The van der Waals surface area contributed by atoms with Crippen LogP contribution in [0.25, 0.3) is 0 Å². The first-order chi connectivity index (χ1) is 12.0. The topological polar surface area (TPSA) is 97.7 Å². The Morgan fingerprint density at radius 2 is 1.56 bits per heavy atom. The van der Waals surface area contributed by atoms with E-state index in [0.29, 0.717) is 10.8 Å². The number of likely N-dealkylation sites (N-methyl/N-ethyl adjacent to an activating group) is 1. The summed E-state index contributed by atoms with van der Waals surface area (Å²) in [5.41, 5.74) is -3.00. The first-order valence-electron chi connectivity index (χ1n) is 8.80. The Bertz CT molecular complexity index is 644. The van der Waals surface area contributed by atoms with Crippen LogP contribution in [0.15, 0.2) is 5.10 Å². The van der Waals surface area contributed by atoms with E-state index in [4.69, 9.17) is 14.3 Å². The maximum atomic E-state index is 12.8. The number of hydroxylamine groups is 2. The monoisotopic (exact) mass is 385 g/mol. The first kappa shape index (κ1) is 22.7. The van der Waals surface area contributed by atoms with Crippen molar-refractivity contribution in [2.75, 3.05) is 7.05 Å². The number of hydrogen-bond acceptors (Lipinski definition) is 7. The first-order valence-corrected chi connectivity index (χ1v) is 8.80. The molecule has 154 valence electrons. The van der Waals surface area contributed by atoms with E-state index in [1.165, 1.54) is 14.0 Å². The van der Waals surface area contributed by atoms with Crippen LogP contribution in [0.4, 0.5) is 9.59 Å². The summed E-state index contributed by atoms with van der Waals surface area (Å²) >= 11 is 0. The number of nitrogens with zero attached hydrogens (tertiary/aromatic N) is 3. The van der Waals surface area contributed by atoms with Crippen LogP contribution < -0.4 is 0 Å². The molecule has 0 N–H and O–H groups in total. The molecule has 1 atom stereocenters. The van der Waals surface area contributed by atoms with Gasteiger partial charge in [0, 0.05) is 7.05 Å².